The van der Waals surface area contributed by atoms with Crippen molar-refractivity contribution in [2.45, 2.75) is 49.7 Å². The van der Waals surface area contributed by atoms with Crippen LogP contribution in [0.2, 0.25) is 0 Å². The molecule has 7 heteroatoms. The first-order valence-corrected chi connectivity index (χ1v) is 9.92. The van der Waals surface area contributed by atoms with Crippen LogP contribution in [0.15, 0.2) is 0 Å². The predicted octanol–water partition coefficient (Wildman–Crippen LogP) is 0.752. The second-order valence-electron chi connectivity index (χ2n) is 6.82. The Kier molecular flexibility index (Phi) is 4.24. The SMILES string of the molecule is COC1(C(=O)N2CCOC3(CCS(=O)(=O)CC3)C2)CCCC1. The zero-order valence-electron chi connectivity index (χ0n) is 13.2. The number of hydrogen-bond donors (Lipinski definition) is 0. The van der Waals surface area contributed by atoms with E-state index in [0.717, 1.165) is 25.7 Å². The minimum Gasteiger partial charge on any atom is -0.371 e. The van der Waals surface area contributed by atoms with Crippen molar-refractivity contribution in [3.05, 3.63) is 0 Å². The molecule has 1 amide bonds. The second-order valence-corrected chi connectivity index (χ2v) is 9.12. The Morgan fingerprint density at radius 2 is 1.77 bits per heavy atom. The number of sulfone groups is 1. The van der Waals surface area contributed by atoms with Crippen LogP contribution in [-0.4, -0.2) is 68.7 Å². The molecule has 0 radical (unpaired) electrons. The zero-order valence-corrected chi connectivity index (χ0v) is 14.0. The van der Waals surface area contributed by atoms with E-state index in [-0.39, 0.29) is 17.4 Å². The quantitative estimate of drug-likeness (QED) is 0.747. The van der Waals surface area contributed by atoms with Gasteiger partial charge >= 0.3 is 0 Å². The van der Waals surface area contributed by atoms with Crippen LogP contribution in [0.5, 0.6) is 0 Å². The van der Waals surface area contributed by atoms with Gasteiger partial charge < -0.3 is 14.4 Å². The summed E-state index contributed by atoms with van der Waals surface area (Å²) in [6.45, 7) is 1.54. The summed E-state index contributed by atoms with van der Waals surface area (Å²) in [7, 11) is -1.32. The van der Waals surface area contributed by atoms with Gasteiger partial charge in [0.25, 0.3) is 5.91 Å². The van der Waals surface area contributed by atoms with Gasteiger partial charge in [0.15, 0.2) is 9.84 Å². The molecule has 0 aromatic carbocycles. The molecule has 1 spiro atoms. The molecule has 22 heavy (non-hydrogen) atoms. The van der Waals surface area contributed by atoms with E-state index in [2.05, 4.69) is 0 Å². The average molecular weight is 331 g/mol. The van der Waals surface area contributed by atoms with Crippen LogP contribution in [0.1, 0.15) is 38.5 Å². The smallest absolute Gasteiger partial charge is 0.254 e. The fourth-order valence-electron chi connectivity index (χ4n) is 3.97. The molecule has 126 valence electrons. The predicted molar refractivity (Wildman–Crippen MR) is 81.4 cm³/mol. The van der Waals surface area contributed by atoms with E-state index in [1.807, 2.05) is 4.90 Å². The maximum atomic E-state index is 12.9. The van der Waals surface area contributed by atoms with Gasteiger partial charge in [-0.2, -0.15) is 0 Å². The highest BCUT2D eigenvalue weighted by molar-refractivity contribution is 7.91. The molecule has 2 heterocycles. The van der Waals surface area contributed by atoms with Crippen molar-refractivity contribution >= 4 is 15.7 Å². The lowest BCUT2D eigenvalue weighted by atomic mass is 9.92. The second kappa shape index (κ2) is 5.76. The Labute approximate surface area is 132 Å². The fourth-order valence-corrected chi connectivity index (χ4v) is 5.54. The third-order valence-corrected chi connectivity index (χ3v) is 7.12. The number of carbonyl (C=O) groups excluding carboxylic acids is 1. The van der Waals surface area contributed by atoms with Crippen molar-refractivity contribution in [1.82, 2.24) is 4.90 Å². The van der Waals surface area contributed by atoms with Gasteiger partial charge in [-0.25, -0.2) is 8.42 Å². The van der Waals surface area contributed by atoms with Crippen molar-refractivity contribution in [3.8, 4) is 0 Å². The molecule has 3 fully saturated rings. The summed E-state index contributed by atoms with van der Waals surface area (Å²) < 4.78 is 34.8. The molecule has 0 aromatic heterocycles. The Balaban J connectivity index is 1.72. The maximum Gasteiger partial charge on any atom is 0.254 e. The van der Waals surface area contributed by atoms with Gasteiger partial charge in [-0.05, 0) is 38.5 Å². The molecule has 0 N–H and O–H groups in total. The molecular formula is C15H25NO5S. The molecule has 0 unspecified atom stereocenters. The fraction of sp³-hybridized carbons (Fsp3) is 0.933. The zero-order chi connectivity index (χ0) is 15.8. The molecule has 3 aliphatic rings. The van der Waals surface area contributed by atoms with E-state index in [0.29, 0.717) is 32.5 Å². The molecule has 0 atom stereocenters. The number of methoxy groups -OCH3 is 1. The van der Waals surface area contributed by atoms with Gasteiger partial charge in [-0.3, -0.25) is 4.79 Å². The van der Waals surface area contributed by atoms with Crippen molar-refractivity contribution in [1.29, 1.82) is 0 Å². The summed E-state index contributed by atoms with van der Waals surface area (Å²) in [6, 6.07) is 0. The van der Waals surface area contributed by atoms with Crippen LogP contribution >= 0.6 is 0 Å². The van der Waals surface area contributed by atoms with Crippen LogP contribution in [-0.2, 0) is 24.1 Å². The summed E-state index contributed by atoms with van der Waals surface area (Å²) >= 11 is 0. The summed E-state index contributed by atoms with van der Waals surface area (Å²) in [5, 5.41) is 0. The van der Waals surface area contributed by atoms with E-state index in [1.165, 1.54) is 0 Å². The minimum atomic E-state index is -2.94. The third kappa shape index (κ3) is 2.90. The van der Waals surface area contributed by atoms with Gasteiger partial charge in [0.05, 0.1) is 23.7 Å². The lowest BCUT2D eigenvalue weighted by Crippen LogP contribution is -2.60. The molecule has 6 nitrogen and oxygen atoms in total. The highest BCUT2D eigenvalue weighted by Gasteiger charge is 2.48. The van der Waals surface area contributed by atoms with E-state index < -0.39 is 21.0 Å². The van der Waals surface area contributed by atoms with Crippen molar-refractivity contribution in [2.24, 2.45) is 0 Å². The number of carbonyl (C=O) groups is 1. The molecule has 3 rings (SSSR count). The lowest BCUT2D eigenvalue weighted by Gasteiger charge is -2.46. The highest BCUT2D eigenvalue weighted by atomic mass is 32.2. The van der Waals surface area contributed by atoms with Crippen LogP contribution in [0.25, 0.3) is 0 Å². The van der Waals surface area contributed by atoms with Crippen LogP contribution in [0.4, 0.5) is 0 Å². The molecule has 0 bridgehead atoms. The number of morpholine rings is 1. The Morgan fingerprint density at radius 1 is 1.14 bits per heavy atom. The molecule has 0 aromatic rings. The monoisotopic (exact) mass is 331 g/mol. The number of ether oxygens (including phenoxy) is 2. The van der Waals surface area contributed by atoms with Crippen LogP contribution in [0.3, 0.4) is 0 Å². The Bertz CT molecular complexity index is 524. The van der Waals surface area contributed by atoms with Crippen molar-refractivity contribution in [3.63, 3.8) is 0 Å². The number of nitrogens with zero attached hydrogens (tertiary/aromatic N) is 1. The molecule has 2 saturated heterocycles. The van der Waals surface area contributed by atoms with Crippen molar-refractivity contribution < 1.29 is 22.7 Å². The number of amides is 1. The van der Waals surface area contributed by atoms with E-state index in [4.69, 9.17) is 9.47 Å². The molecule has 2 aliphatic heterocycles. The standard InChI is InChI=1S/C15H25NO5S/c1-20-15(4-2-3-5-15)13(17)16-8-9-21-14(12-16)6-10-22(18,19)11-7-14/h2-12H2,1H3. The lowest BCUT2D eigenvalue weighted by molar-refractivity contribution is -0.171. The third-order valence-electron chi connectivity index (χ3n) is 5.46. The Morgan fingerprint density at radius 3 is 2.36 bits per heavy atom. The molecule has 1 saturated carbocycles. The van der Waals surface area contributed by atoms with Gasteiger partial charge in [0.2, 0.25) is 0 Å². The first kappa shape index (κ1) is 16.2. The number of hydrogen-bond acceptors (Lipinski definition) is 5. The summed E-state index contributed by atoms with van der Waals surface area (Å²) in [6.07, 6.45) is 4.57. The average Bonchev–Trinajstić information content (AvgIpc) is 3.00. The molecular weight excluding hydrogens is 306 g/mol. The number of rotatable bonds is 2. The van der Waals surface area contributed by atoms with Gasteiger partial charge in [0, 0.05) is 20.2 Å². The minimum absolute atomic E-state index is 0.0589. The summed E-state index contributed by atoms with van der Waals surface area (Å²) in [4.78, 5) is 14.8. The molecule has 1 aliphatic carbocycles. The topological polar surface area (TPSA) is 72.9 Å². The van der Waals surface area contributed by atoms with E-state index in [1.54, 1.807) is 7.11 Å². The van der Waals surface area contributed by atoms with Crippen molar-refractivity contribution in [2.75, 3.05) is 38.3 Å². The van der Waals surface area contributed by atoms with Gasteiger partial charge in [0.1, 0.15) is 5.60 Å². The Hall–Kier alpha value is -0.660. The van der Waals surface area contributed by atoms with E-state index >= 15 is 0 Å². The summed E-state index contributed by atoms with van der Waals surface area (Å²) in [5.41, 5.74) is -1.15. The van der Waals surface area contributed by atoms with Crippen LogP contribution < -0.4 is 0 Å². The van der Waals surface area contributed by atoms with Crippen LogP contribution in [0, 0.1) is 0 Å². The largest absolute Gasteiger partial charge is 0.371 e. The first-order valence-electron chi connectivity index (χ1n) is 8.09. The van der Waals surface area contributed by atoms with Gasteiger partial charge in [-0.15, -0.1) is 0 Å². The normalized spacial score (nSPS) is 29.6. The summed E-state index contributed by atoms with van der Waals surface area (Å²) in [5.74, 6) is 0.373. The van der Waals surface area contributed by atoms with E-state index in [9.17, 15) is 13.2 Å². The van der Waals surface area contributed by atoms with Gasteiger partial charge in [-0.1, -0.05) is 0 Å². The highest BCUT2D eigenvalue weighted by Crippen LogP contribution is 2.37. The maximum absolute atomic E-state index is 12.9. The first-order chi connectivity index (χ1) is 10.4.